The minimum atomic E-state index is -0.118. The summed E-state index contributed by atoms with van der Waals surface area (Å²) in [7, 11) is 0. The third kappa shape index (κ3) is 3.18. The molecule has 5 nitrogen and oxygen atoms in total. The first-order valence-corrected chi connectivity index (χ1v) is 10.3. The third-order valence-electron chi connectivity index (χ3n) is 5.09. The molecule has 0 radical (unpaired) electrons. The van der Waals surface area contributed by atoms with Gasteiger partial charge in [-0.05, 0) is 38.7 Å². The number of allylic oxidation sites excluding steroid dienone is 2. The van der Waals surface area contributed by atoms with Gasteiger partial charge in [0, 0.05) is 16.9 Å². The summed E-state index contributed by atoms with van der Waals surface area (Å²) < 4.78 is 0. The van der Waals surface area contributed by atoms with Crippen molar-refractivity contribution < 1.29 is 4.79 Å². The molecule has 0 saturated heterocycles. The van der Waals surface area contributed by atoms with Crippen molar-refractivity contribution in [2.45, 2.75) is 45.7 Å². The van der Waals surface area contributed by atoms with Crippen molar-refractivity contribution in [1.29, 1.82) is 0 Å². The van der Waals surface area contributed by atoms with Crippen LogP contribution in [0, 0.1) is 5.92 Å². The molecule has 1 N–H and O–H groups in total. The zero-order valence-electron chi connectivity index (χ0n) is 15.2. The number of nitrogens with one attached hydrogen (secondary N) is 1. The summed E-state index contributed by atoms with van der Waals surface area (Å²) in [5.41, 5.74) is 2.08. The van der Waals surface area contributed by atoms with Crippen LogP contribution in [-0.4, -0.2) is 28.0 Å². The van der Waals surface area contributed by atoms with E-state index in [9.17, 15) is 4.79 Å². The van der Waals surface area contributed by atoms with E-state index in [4.69, 9.17) is 10.1 Å². The van der Waals surface area contributed by atoms with Crippen molar-refractivity contribution >= 4 is 28.5 Å². The predicted octanol–water partition coefficient (Wildman–Crippen LogP) is 2.35. The molecule has 0 unspecified atom stereocenters. The molecule has 2 aliphatic heterocycles. The number of benzene rings is 1. The standard InChI is InChI=1S/C20H24N4OS/c1-3-12-26-20-22-19(25)17-15-6-4-5-7-16(15)21-18(24(17)23-20)14-10-8-13(2)9-11-14/h4-8,14,18H,3,9-12H2,1-2H3,(H,22,23,25)/t14-,18+/m0/s1. The number of carbonyl (C=O) groups is 1. The molecule has 2 heterocycles. The van der Waals surface area contributed by atoms with E-state index < -0.39 is 0 Å². The van der Waals surface area contributed by atoms with Gasteiger partial charge in [-0.15, -0.1) is 5.10 Å². The fraction of sp³-hybridized carbons (Fsp3) is 0.450. The lowest BCUT2D eigenvalue weighted by atomic mass is 9.87. The first-order chi connectivity index (χ1) is 12.7. The summed E-state index contributed by atoms with van der Waals surface area (Å²) in [6.07, 6.45) is 6.39. The highest BCUT2D eigenvalue weighted by molar-refractivity contribution is 8.13. The molecule has 1 aromatic carbocycles. The van der Waals surface area contributed by atoms with E-state index in [1.165, 1.54) is 5.57 Å². The summed E-state index contributed by atoms with van der Waals surface area (Å²) in [6, 6.07) is 7.88. The van der Waals surface area contributed by atoms with Crippen LogP contribution in [0.15, 0.2) is 46.0 Å². The molecule has 0 saturated carbocycles. The van der Waals surface area contributed by atoms with Gasteiger partial charge in [0.05, 0.1) is 5.36 Å². The summed E-state index contributed by atoms with van der Waals surface area (Å²) in [5.74, 6) is 1.23. The highest BCUT2D eigenvalue weighted by Gasteiger charge is 2.37. The molecule has 0 aromatic heterocycles. The van der Waals surface area contributed by atoms with Crippen molar-refractivity contribution in [3.8, 4) is 0 Å². The Bertz CT molecular complexity index is 905. The van der Waals surface area contributed by atoms with Gasteiger partial charge >= 0.3 is 0 Å². The van der Waals surface area contributed by atoms with Crippen molar-refractivity contribution in [3.05, 3.63) is 46.5 Å². The number of nitrogens with zero attached hydrogens (tertiary/aromatic N) is 3. The molecule has 1 aromatic rings. The molecule has 4 rings (SSSR count). The van der Waals surface area contributed by atoms with Crippen LogP contribution >= 0.6 is 11.8 Å². The van der Waals surface area contributed by atoms with E-state index in [0.29, 0.717) is 16.8 Å². The average Bonchev–Trinajstić information content (AvgIpc) is 2.66. The maximum atomic E-state index is 12.9. The topological polar surface area (TPSA) is 57.1 Å². The highest BCUT2D eigenvalue weighted by atomic mass is 32.2. The Balaban J connectivity index is 1.80. The van der Waals surface area contributed by atoms with Gasteiger partial charge in [-0.2, -0.15) is 0 Å². The van der Waals surface area contributed by atoms with Gasteiger partial charge in [0.2, 0.25) is 0 Å². The zero-order chi connectivity index (χ0) is 18.1. The number of fused-ring (bicyclic) bond motifs is 2. The first kappa shape index (κ1) is 17.3. The lowest BCUT2D eigenvalue weighted by Crippen LogP contribution is -2.54. The van der Waals surface area contributed by atoms with Crippen molar-refractivity contribution in [2.75, 3.05) is 5.75 Å². The third-order valence-corrected chi connectivity index (χ3v) is 6.16. The maximum absolute atomic E-state index is 12.9. The fourth-order valence-corrected chi connectivity index (χ4v) is 4.39. The van der Waals surface area contributed by atoms with Crippen LogP contribution in [0.1, 0.15) is 39.5 Å². The number of amidine groups is 1. The van der Waals surface area contributed by atoms with E-state index in [1.807, 2.05) is 29.3 Å². The molecule has 1 aliphatic carbocycles. The second-order valence-corrected chi connectivity index (χ2v) is 8.13. The van der Waals surface area contributed by atoms with Gasteiger partial charge in [-0.3, -0.25) is 15.1 Å². The second-order valence-electron chi connectivity index (χ2n) is 7.05. The summed E-state index contributed by atoms with van der Waals surface area (Å²) in [6.45, 7) is 4.31. The van der Waals surface area contributed by atoms with Crippen LogP contribution in [0.2, 0.25) is 0 Å². The Hall–Kier alpha value is -2.08. The van der Waals surface area contributed by atoms with Crippen molar-refractivity contribution in [3.63, 3.8) is 0 Å². The lowest BCUT2D eigenvalue weighted by Gasteiger charge is -2.38. The van der Waals surface area contributed by atoms with Crippen LogP contribution in [0.25, 0.3) is 5.70 Å². The number of rotatable bonds is 3. The van der Waals surface area contributed by atoms with Crippen LogP contribution in [-0.2, 0) is 4.79 Å². The molecule has 0 spiro atoms. The maximum Gasteiger partial charge on any atom is 0.276 e. The van der Waals surface area contributed by atoms with Gasteiger partial charge in [-0.1, -0.05) is 48.5 Å². The lowest BCUT2D eigenvalue weighted by molar-refractivity contribution is -0.116. The van der Waals surface area contributed by atoms with Gasteiger partial charge in [0.1, 0.15) is 11.9 Å². The fourth-order valence-electron chi connectivity index (χ4n) is 3.68. The Morgan fingerprint density at radius 1 is 1.35 bits per heavy atom. The van der Waals surface area contributed by atoms with Crippen molar-refractivity contribution in [2.24, 2.45) is 16.0 Å². The molecule has 136 valence electrons. The second kappa shape index (κ2) is 7.27. The Morgan fingerprint density at radius 2 is 2.19 bits per heavy atom. The molecule has 3 aliphatic rings. The van der Waals surface area contributed by atoms with Crippen molar-refractivity contribution in [1.82, 2.24) is 10.3 Å². The number of hydrogen-bond donors (Lipinski definition) is 1. The van der Waals surface area contributed by atoms with E-state index in [0.717, 1.165) is 42.0 Å². The molecular formula is C20H24N4OS. The smallest absolute Gasteiger partial charge is 0.276 e. The molecule has 0 fully saturated rings. The number of amides is 1. The minimum Gasteiger partial charge on any atom is -0.298 e. The quantitative estimate of drug-likeness (QED) is 0.833. The molecule has 2 atom stereocenters. The van der Waals surface area contributed by atoms with Gasteiger partial charge < -0.3 is 0 Å². The number of hydrogen-bond acceptors (Lipinski definition) is 5. The number of para-hydroxylation sites is 1. The highest BCUT2D eigenvalue weighted by Crippen LogP contribution is 2.32. The number of hydrazone groups is 1. The normalized spacial score (nSPS) is 24.8. The van der Waals surface area contributed by atoms with Crippen LogP contribution in [0.5, 0.6) is 0 Å². The molecule has 6 heteroatoms. The Labute approximate surface area is 157 Å². The summed E-state index contributed by atoms with van der Waals surface area (Å²) in [4.78, 5) is 17.9. The van der Waals surface area contributed by atoms with E-state index in [1.54, 1.807) is 11.8 Å². The van der Waals surface area contributed by atoms with Crippen LogP contribution in [0.3, 0.4) is 0 Å². The molecule has 0 bridgehead atoms. The zero-order valence-corrected chi connectivity index (χ0v) is 16.1. The van der Waals surface area contributed by atoms with E-state index >= 15 is 0 Å². The summed E-state index contributed by atoms with van der Waals surface area (Å²) >= 11 is 1.60. The van der Waals surface area contributed by atoms with Gasteiger partial charge in [0.15, 0.2) is 5.17 Å². The summed E-state index contributed by atoms with van der Waals surface area (Å²) in [5, 5.41) is 12.1. The first-order valence-electron chi connectivity index (χ1n) is 9.32. The predicted molar refractivity (Wildman–Crippen MR) is 106 cm³/mol. The Kier molecular flexibility index (Phi) is 4.85. The van der Waals surface area contributed by atoms with Gasteiger partial charge in [0.25, 0.3) is 5.91 Å². The molecular weight excluding hydrogens is 344 g/mol. The molecule has 1 amide bonds. The van der Waals surface area contributed by atoms with Gasteiger partial charge in [-0.25, -0.2) is 5.01 Å². The average molecular weight is 369 g/mol. The van der Waals surface area contributed by atoms with E-state index in [2.05, 4.69) is 25.2 Å². The monoisotopic (exact) mass is 368 g/mol. The largest absolute Gasteiger partial charge is 0.298 e. The van der Waals surface area contributed by atoms with E-state index in [-0.39, 0.29) is 12.1 Å². The SMILES string of the molecule is CCCSC1=NN2C(=c3ccccc3=N[C@H]2[C@H]2CC=C(C)CC2)C(=O)N1. The van der Waals surface area contributed by atoms with Crippen LogP contribution < -0.4 is 15.9 Å². The molecule has 26 heavy (non-hydrogen) atoms. The number of carbonyl (C=O) groups excluding carboxylic acids is 1. The minimum absolute atomic E-state index is 0.0755. The van der Waals surface area contributed by atoms with Crippen LogP contribution in [0.4, 0.5) is 0 Å². The Morgan fingerprint density at radius 3 is 2.96 bits per heavy atom. The number of thioether (sulfide) groups is 1.